The maximum atomic E-state index is 12.9. The van der Waals surface area contributed by atoms with E-state index in [0.717, 1.165) is 30.6 Å². The molecular formula is C22H32NO2S2+. The third-order valence-electron chi connectivity index (χ3n) is 4.66. The Morgan fingerprint density at radius 3 is 2.26 bits per heavy atom. The van der Waals surface area contributed by atoms with Crippen LogP contribution in [-0.4, -0.2) is 26.5 Å². The SMILES string of the molecule is CCCCCC[C@H](C[S+](C)c1ccccc1)NS(=O)(=O)c1ccc(C)cc1. The highest BCUT2D eigenvalue weighted by Crippen LogP contribution is 2.17. The van der Waals surface area contributed by atoms with Crippen molar-refractivity contribution in [2.45, 2.75) is 61.8 Å². The highest BCUT2D eigenvalue weighted by Gasteiger charge is 2.26. The summed E-state index contributed by atoms with van der Waals surface area (Å²) in [4.78, 5) is 1.63. The first-order valence-electron chi connectivity index (χ1n) is 9.69. The van der Waals surface area contributed by atoms with Crippen LogP contribution in [0.3, 0.4) is 0 Å². The van der Waals surface area contributed by atoms with Crippen molar-refractivity contribution in [1.29, 1.82) is 0 Å². The van der Waals surface area contributed by atoms with Crippen LogP contribution >= 0.6 is 0 Å². The van der Waals surface area contributed by atoms with Crippen molar-refractivity contribution in [3.8, 4) is 0 Å². The van der Waals surface area contributed by atoms with Crippen LogP contribution in [0.15, 0.2) is 64.4 Å². The number of unbranched alkanes of at least 4 members (excludes halogenated alkanes) is 3. The van der Waals surface area contributed by atoms with Crippen LogP contribution in [0.4, 0.5) is 0 Å². The molecule has 3 nitrogen and oxygen atoms in total. The molecule has 0 amide bonds. The molecule has 0 aliphatic rings. The number of nitrogens with one attached hydrogen (secondary N) is 1. The number of hydrogen-bond acceptors (Lipinski definition) is 2. The van der Waals surface area contributed by atoms with Crippen LogP contribution < -0.4 is 4.72 Å². The van der Waals surface area contributed by atoms with Gasteiger partial charge in [0.25, 0.3) is 0 Å². The summed E-state index contributed by atoms with van der Waals surface area (Å²) in [7, 11) is -3.48. The third-order valence-corrected chi connectivity index (χ3v) is 8.17. The van der Waals surface area contributed by atoms with E-state index in [1.165, 1.54) is 17.7 Å². The lowest BCUT2D eigenvalue weighted by Crippen LogP contribution is -2.39. The average Bonchev–Trinajstić information content (AvgIpc) is 2.66. The van der Waals surface area contributed by atoms with Crippen molar-refractivity contribution in [1.82, 2.24) is 4.72 Å². The molecule has 1 unspecified atom stereocenters. The minimum atomic E-state index is -3.49. The van der Waals surface area contributed by atoms with Gasteiger partial charge < -0.3 is 0 Å². The van der Waals surface area contributed by atoms with Gasteiger partial charge in [-0.2, -0.15) is 0 Å². The molecule has 0 bridgehead atoms. The van der Waals surface area contributed by atoms with Crippen molar-refractivity contribution < 1.29 is 8.42 Å². The molecule has 0 saturated carbocycles. The Balaban J connectivity index is 2.09. The van der Waals surface area contributed by atoms with Gasteiger partial charge >= 0.3 is 0 Å². The number of hydrogen-bond donors (Lipinski definition) is 1. The fraction of sp³-hybridized carbons (Fsp3) is 0.455. The van der Waals surface area contributed by atoms with E-state index in [2.05, 4.69) is 30.0 Å². The van der Waals surface area contributed by atoms with Crippen LogP contribution in [0.25, 0.3) is 0 Å². The van der Waals surface area contributed by atoms with E-state index in [4.69, 9.17) is 0 Å². The van der Waals surface area contributed by atoms with Gasteiger partial charge in [0.2, 0.25) is 10.0 Å². The van der Waals surface area contributed by atoms with Gasteiger partial charge in [-0.05, 0) is 37.6 Å². The standard InChI is InChI=1S/C22H32NO2S2/c1-4-5-6-8-11-20(18-26(3)21-12-9-7-10-13-21)23-27(24,25)22-16-14-19(2)15-17-22/h7,9-10,12-17,20,23H,4-6,8,11,18H2,1-3H3/q+1/t20-,26?/m1/s1. The fourth-order valence-electron chi connectivity index (χ4n) is 3.05. The summed E-state index contributed by atoms with van der Waals surface area (Å²) in [5.74, 6) is 0.835. The van der Waals surface area contributed by atoms with Crippen LogP contribution in [0.2, 0.25) is 0 Å². The van der Waals surface area contributed by atoms with Gasteiger partial charge in [0.05, 0.1) is 10.9 Å². The van der Waals surface area contributed by atoms with Crippen LogP contribution in [0.5, 0.6) is 0 Å². The summed E-state index contributed by atoms with van der Waals surface area (Å²) in [6.07, 6.45) is 7.68. The normalized spacial score (nSPS) is 14.0. The minimum absolute atomic E-state index is 0.00762. The number of aryl methyl sites for hydroxylation is 1. The summed E-state index contributed by atoms with van der Waals surface area (Å²) >= 11 is 0. The Bertz CT molecular complexity index is 774. The Morgan fingerprint density at radius 2 is 1.63 bits per heavy atom. The van der Waals surface area contributed by atoms with Gasteiger partial charge in [0.1, 0.15) is 12.0 Å². The topological polar surface area (TPSA) is 46.2 Å². The molecule has 0 aliphatic heterocycles. The molecule has 0 fully saturated rings. The van der Waals surface area contributed by atoms with E-state index in [1.54, 1.807) is 12.1 Å². The third kappa shape index (κ3) is 7.32. The molecule has 2 aromatic carbocycles. The second-order valence-corrected chi connectivity index (χ2v) is 10.9. The summed E-state index contributed by atoms with van der Waals surface area (Å²) in [6.45, 7) is 4.15. The molecule has 27 heavy (non-hydrogen) atoms. The van der Waals surface area contributed by atoms with Crippen LogP contribution in [0.1, 0.15) is 44.6 Å². The van der Waals surface area contributed by atoms with Crippen molar-refractivity contribution in [2.24, 2.45) is 0 Å². The lowest BCUT2D eigenvalue weighted by atomic mass is 10.1. The molecule has 2 rings (SSSR count). The molecular weight excluding hydrogens is 374 g/mol. The molecule has 0 radical (unpaired) electrons. The summed E-state index contributed by atoms with van der Waals surface area (Å²) in [6, 6.07) is 17.4. The van der Waals surface area contributed by atoms with E-state index in [-0.39, 0.29) is 16.9 Å². The van der Waals surface area contributed by atoms with Crippen molar-refractivity contribution in [3.05, 3.63) is 60.2 Å². The van der Waals surface area contributed by atoms with Crippen LogP contribution in [0, 0.1) is 6.92 Å². The van der Waals surface area contributed by atoms with Crippen LogP contribution in [-0.2, 0) is 20.9 Å². The largest absolute Gasteiger partial charge is 0.240 e. The highest BCUT2D eigenvalue weighted by atomic mass is 32.2. The summed E-state index contributed by atoms with van der Waals surface area (Å²) in [5.41, 5.74) is 1.06. The van der Waals surface area contributed by atoms with E-state index < -0.39 is 10.0 Å². The molecule has 5 heteroatoms. The monoisotopic (exact) mass is 406 g/mol. The number of sulfonamides is 1. The van der Waals surface area contributed by atoms with E-state index in [9.17, 15) is 8.42 Å². The zero-order chi connectivity index (χ0) is 19.7. The average molecular weight is 407 g/mol. The molecule has 0 spiro atoms. The Labute approximate surface area is 168 Å². The quantitative estimate of drug-likeness (QED) is 0.425. The van der Waals surface area contributed by atoms with Gasteiger partial charge in [-0.3, -0.25) is 0 Å². The van der Waals surface area contributed by atoms with Crippen molar-refractivity contribution in [3.63, 3.8) is 0 Å². The zero-order valence-corrected chi connectivity index (χ0v) is 18.3. The molecule has 0 aromatic heterocycles. The van der Waals surface area contributed by atoms with Crippen molar-refractivity contribution in [2.75, 3.05) is 12.0 Å². The maximum Gasteiger partial charge on any atom is 0.240 e. The molecule has 0 aliphatic carbocycles. The second-order valence-electron chi connectivity index (χ2n) is 7.10. The van der Waals surface area contributed by atoms with Gasteiger partial charge in [0.15, 0.2) is 4.90 Å². The molecule has 0 saturated heterocycles. The van der Waals surface area contributed by atoms with Gasteiger partial charge in [-0.1, -0.05) is 68.5 Å². The molecule has 2 atom stereocenters. The Hall–Kier alpha value is -1.30. The molecule has 2 aromatic rings. The zero-order valence-electron chi connectivity index (χ0n) is 16.6. The highest BCUT2D eigenvalue weighted by molar-refractivity contribution is 7.96. The Morgan fingerprint density at radius 1 is 0.963 bits per heavy atom. The van der Waals surface area contributed by atoms with Gasteiger partial charge in [-0.15, -0.1) is 0 Å². The number of benzene rings is 2. The maximum absolute atomic E-state index is 12.9. The molecule has 1 N–H and O–H groups in total. The van der Waals surface area contributed by atoms with Gasteiger partial charge in [0, 0.05) is 10.9 Å². The molecule has 148 valence electrons. The summed E-state index contributed by atoms with van der Waals surface area (Å²) < 4.78 is 28.7. The lowest BCUT2D eigenvalue weighted by molar-refractivity contribution is 0.525. The number of rotatable bonds is 11. The van der Waals surface area contributed by atoms with E-state index >= 15 is 0 Å². The minimum Gasteiger partial charge on any atom is -0.207 e. The second kappa shape index (κ2) is 10.9. The Kier molecular flexibility index (Phi) is 8.87. The van der Waals surface area contributed by atoms with Crippen molar-refractivity contribution >= 4 is 20.9 Å². The smallest absolute Gasteiger partial charge is 0.207 e. The fourth-order valence-corrected chi connectivity index (χ4v) is 6.09. The van der Waals surface area contributed by atoms with E-state index in [0.29, 0.717) is 4.90 Å². The first-order chi connectivity index (χ1) is 12.9. The molecule has 0 heterocycles. The predicted octanol–water partition coefficient (Wildman–Crippen LogP) is 4.92. The van der Waals surface area contributed by atoms with Gasteiger partial charge in [-0.25, -0.2) is 13.1 Å². The van der Waals surface area contributed by atoms with E-state index in [1.807, 2.05) is 37.3 Å². The first-order valence-corrected chi connectivity index (χ1v) is 13.0. The first kappa shape index (κ1) is 22.0. The lowest BCUT2D eigenvalue weighted by Gasteiger charge is -2.18. The summed E-state index contributed by atoms with van der Waals surface area (Å²) in [5, 5.41) is 0. The predicted molar refractivity (Wildman–Crippen MR) is 117 cm³/mol.